The zero-order valence-electron chi connectivity index (χ0n) is 11.1. The van der Waals surface area contributed by atoms with Gasteiger partial charge in [-0.2, -0.15) is 0 Å². The third-order valence-electron chi connectivity index (χ3n) is 4.29. The van der Waals surface area contributed by atoms with Gasteiger partial charge in [0.05, 0.1) is 0 Å². The molecular weight excluding hydrogens is 228 g/mol. The minimum atomic E-state index is 0.649. The largest absolute Gasteiger partial charge is 0.360 e. The van der Waals surface area contributed by atoms with Crippen LogP contribution in [0.3, 0.4) is 0 Å². The second-order valence-corrected chi connectivity index (χ2v) is 6.20. The van der Waals surface area contributed by atoms with E-state index in [1.807, 2.05) is 0 Å². The van der Waals surface area contributed by atoms with Crippen molar-refractivity contribution in [3.8, 4) is 0 Å². The second-order valence-electron chi connectivity index (χ2n) is 5.82. The fraction of sp³-hybridized carbons (Fsp3) is 0.929. The second kappa shape index (κ2) is 6.58. The van der Waals surface area contributed by atoms with E-state index in [-0.39, 0.29) is 0 Å². The first-order valence-electron chi connectivity index (χ1n) is 7.27. The third-order valence-corrected chi connectivity index (χ3v) is 4.72. The highest BCUT2D eigenvalue weighted by Crippen LogP contribution is 2.24. The molecule has 98 valence electrons. The van der Waals surface area contributed by atoms with E-state index >= 15 is 0 Å². The lowest BCUT2D eigenvalue weighted by Crippen LogP contribution is -2.43. The van der Waals surface area contributed by atoms with Crippen LogP contribution in [-0.2, 0) is 0 Å². The van der Waals surface area contributed by atoms with E-state index in [1.54, 1.807) is 0 Å². The molecule has 0 aromatic carbocycles. The van der Waals surface area contributed by atoms with Crippen molar-refractivity contribution >= 4 is 17.3 Å². The van der Waals surface area contributed by atoms with Gasteiger partial charge in [-0.3, -0.25) is 0 Å². The molecule has 0 aromatic rings. The fourth-order valence-electron chi connectivity index (χ4n) is 3.19. The van der Waals surface area contributed by atoms with E-state index in [2.05, 4.69) is 17.3 Å². The summed E-state index contributed by atoms with van der Waals surface area (Å²) in [5, 5.41) is 4.50. The third kappa shape index (κ3) is 4.13. The van der Waals surface area contributed by atoms with Crippen molar-refractivity contribution in [3.05, 3.63) is 0 Å². The molecule has 2 aliphatic carbocycles. The number of nitrogens with one attached hydrogen (secondary N) is 1. The van der Waals surface area contributed by atoms with Gasteiger partial charge in [-0.05, 0) is 43.8 Å². The Morgan fingerprint density at radius 1 is 1.06 bits per heavy atom. The van der Waals surface area contributed by atoms with Crippen molar-refractivity contribution in [1.82, 2.24) is 10.2 Å². The van der Waals surface area contributed by atoms with Crippen molar-refractivity contribution < 1.29 is 0 Å². The first kappa shape index (κ1) is 13.1. The zero-order valence-corrected chi connectivity index (χ0v) is 11.9. The molecule has 0 heterocycles. The highest BCUT2D eigenvalue weighted by atomic mass is 32.1. The summed E-state index contributed by atoms with van der Waals surface area (Å²) in [5.74, 6) is 0.872. The van der Waals surface area contributed by atoms with Crippen LogP contribution < -0.4 is 5.32 Å². The molecule has 0 aromatic heterocycles. The van der Waals surface area contributed by atoms with Crippen molar-refractivity contribution in [2.24, 2.45) is 5.92 Å². The van der Waals surface area contributed by atoms with E-state index < -0.39 is 0 Å². The maximum atomic E-state index is 5.50. The minimum Gasteiger partial charge on any atom is -0.360 e. The Kier molecular flexibility index (Phi) is 5.08. The number of hydrogen-bond acceptors (Lipinski definition) is 1. The molecule has 17 heavy (non-hydrogen) atoms. The van der Waals surface area contributed by atoms with Gasteiger partial charge in [-0.25, -0.2) is 0 Å². The summed E-state index contributed by atoms with van der Waals surface area (Å²) in [7, 11) is 2.15. The van der Waals surface area contributed by atoms with Gasteiger partial charge in [-0.15, -0.1) is 0 Å². The predicted octanol–water partition coefficient (Wildman–Crippen LogP) is 3.32. The average molecular weight is 254 g/mol. The van der Waals surface area contributed by atoms with Gasteiger partial charge in [-0.1, -0.05) is 32.1 Å². The van der Waals surface area contributed by atoms with Crippen LogP contribution >= 0.6 is 12.2 Å². The molecule has 0 bridgehead atoms. The Balaban J connectivity index is 1.70. The average Bonchev–Trinajstić information content (AvgIpc) is 2.83. The first-order valence-corrected chi connectivity index (χ1v) is 7.68. The summed E-state index contributed by atoms with van der Waals surface area (Å²) in [6.45, 7) is 1.15. The maximum absolute atomic E-state index is 5.50. The first-order chi connectivity index (χ1) is 8.25. The molecule has 0 saturated heterocycles. The van der Waals surface area contributed by atoms with Crippen molar-refractivity contribution in [3.63, 3.8) is 0 Å². The molecule has 0 radical (unpaired) electrons. The molecule has 0 atom stereocenters. The molecule has 0 aliphatic heterocycles. The number of thiocarbonyl (C=S) groups is 1. The Labute approximate surface area is 111 Å². The lowest BCUT2D eigenvalue weighted by molar-refractivity contribution is 0.293. The summed E-state index contributed by atoms with van der Waals surface area (Å²) in [5.41, 5.74) is 0. The molecule has 0 amide bonds. The van der Waals surface area contributed by atoms with Crippen LogP contribution in [-0.4, -0.2) is 29.6 Å². The Morgan fingerprint density at radius 2 is 1.65 bits per heavy atom. The molecule has 1 N–H and O–H groups in total. The van der Waals surface area contributed by atoms with E-state index in [0.717, 1.165) is 17.6 Å². The van der Waals surface area contributed by atoms with Crippen molar-refractivity contribution in [2.45, 2.75) is 63.8 Å². The van der Waals surface area contributed by atoms with Crippen LogP contribution in [0.1, 0.15) is 57.8 Å². The molecule has 0 unspecified atom stereocenters. The normalized spacial score (nSPS) is 22.6. The molecule has 2 aliphatic rings. The monoisotopic (exact) mass is 254 g/mol. The van der Waals surface area contributed by atoms with Gasteiger partial charge in [0, 0.05) is 19.6 Å². The Bertz CT molecular complexity index is 243. The van der Waals surface area contributed by atoms with Crippen LogP contribution in [0, 0.1) is 5.92 Å². The summed E-state index contributed by atoms with van der Waals surface area (Å²) < 4.78 is 0. The fourth-order valence-corrected chi connectivity index (χ4v) is 3.44. The number of nitrogens with zero attached hydrogens (tertiary/aromatic N) is 1. The van der Waals surface area contributed by atoms with Crippen LogP contribution in [0.4, 0.5) is 0 Å². The minimum absolute atomic E-state index is 0.649. The molecule has 2 fully saturated rings. The van der Waals surface area contributed by atoms with Gasteiger partial charge in [0.15, 0.2) is 5.11 Å². The number of hydrogen-bond donors (Lipinski definition) is 1. The van der Waals surface area contributed by atoms with Crippen LogP contribution in [0.2, 0.25) is 0 Å². The predicted molar refractivity (Wildman–Crippen MR) is 77.2 cm³/mol. The van der Waals surface area contributed by atoms with Gasteiger partial charge >= 0.3 is 0 Å². The SMILES string of the molecule is CN(CC1CCCCC1)C(=S)NC1CCCC1. The summed E-state index contributed by atoms with van der Waals surface area (Å²) in [6.07, 6.45) is 12.4. The van der Waals surface area contributed by atoms with Crippen LogP contribution in [0.15, 0.2) is 0 Å². The van der Waals surface area contributed by atoms with Crippen molar-refractivity contribution in [1.29, 1.82) is 0 Å². The number of rotatable bonds is 3. The summed E-state index contributed by atoms with van der Waals surface area (Å²) in [6, 6.07) is 0.649. The molecule has 3 heteroatoms. The Morgan fingerprint density at radius 3 is 2.29 bits per heavy atom. The van der Waals surface area contributed by atoms with E-state index in [0.29, 0.717) is 6.04 Å². The van der Waals surface area contributed by atoms with Gasteiger partial charge in [0.1, 0.15) is 0 Å². The Hall–Kier alpha value is -0.310. The van der Waals surface area contributed by atoms with E-state index in [1.165, 1.54) is 57.8 Å². The van der Waals surface area contributed by atoms with E-state index in [9.17, 15) is 0 Å². The van der Waals surface area contributed by atoms with Gasteiger partial charge < -0.3 is 10.2 Å². The highest BCUT2D eigenvalue weighted by molar-refractivity contribution is 7.80. The van der Waals surface area contributed by atoms with E-state index in [4.69, 9.17) is 12.2 Å². The lowest BCUT2D eigenvalue weighted by atomic mass is 9.89. The summed E-state index contributed by atoms with van der Waals surface area (Å²) >= 11 is 5.50. The summed E-state index contributed by atoms with van der Waals surface area (Å²) in [4.78, 5) is 2.27. The zero-order chi connectivity index (χ0) is 12.1. The van der Waals surface area contributed by atoms with Gasteiger partial charge in [0.2, 0.25) is 0 Å². The molecule has 0 spiro atoms. The molecular formula is C14H26N2S. The topological polar surface area (TPSA) is 15.3 Å². The molecule has 2 saturated carbocycles. The lowest BCUT2D eigenvalue weighted by Gasteiger charge is -2.30. The molecule has 2 nitrogen and oxygen atoms in total. The van der Waals surface area contributed by atoms with Crippen molar-refractivity contribution in [2.75, 3.05) is 13.6 Å². The maximum Gasteiger partial charge on any atom is 0.168 e. The standard InChI is InChI=1S/C14H26N2S/c1-16(11-12-7-3-2-4-8-12)14(17)15-13-9-5-6-10-13/h12-13H,2-11H2,1H3,(H,15,17). The van der Waals surface area contributed by atoms with Crippen LogP contribution in [0.5, 0.6) is 0 Å². The smallest absolute Gasteiger partial charge is 0.168 e. The highest BCUT2D eigenvalue weighted by Gasteiger charge is 2.19. The quantitative estimate of drug-likeness (QED) is 0.778. The van der Waals surface area contributed by atoms with Gasteiger partial charge in [0.25, 0.3) is 0 Å². The molecule has 2 rings (SSSR count). The van der Waals surface area contributed by atoms with Crippen LogP contribution in [0.25, 0.3) is 0 Å².